The second-order valence-electron chi connectivity index (χ2n) is 8.12. The lowest BCUT2D eigenvalue weighted by Gasteiger charge is -2.31. The van der Waals surface area contributed by atoms with Crippen molar-refractivity contribution in [2.75, 3.05) is 0 Å². The number of halogens is 1. The van der Waals surface area contributed by atoms with Crippen LogP contribution in [0.3, 0.4) is 0 Å². The molecule has 152 valence electrons. The summed E-state index contributed by atoms with van der Waals surface area (Å²) in [6, 6.07) is 4.25. The summed E-state index contributed by atoms with van der Waals surface area (Å²) in [7, 11) is 0. The minimum Gasteiger partial charge on any atom is -0.458 e. The quantitative estimate of drug-likeness (QED) is 0.483. The number of cyclic esters (lactones) is 1. The number of rotatable bonds is 1. The van der Waals surface area contributed by atoms with Gasteiger partial charge in [0.1, 0.15) is 12.4 Å². The first-order chi connectivity index (χ1) is 14.3. The molecule has 0 fully saturated rings. The van der Waals surface area contributed by atoms with Crippen molar-refractivity contribution in [1.29, 1.82) is 0 Å². The van der Waals surface area contributed by atoms with Gasteiger partial charge in [0.25, 0.3) is 5.56 Å². The Hall–Kier alpha value is -3.26. The van der Waals surface area contributed by atoms with Crippen molar-refractivity contribution in [3.63, 3.8) is 0 Å². The first-order valence-corrected chi connectivity index (χ1v) is 9.90. The molecular formula is C22H17FN2O5. The number of carbonyl (C=O) groups excluding carboxylic acids is 1. The van der Waals surface area contributed by atoms with Crippen LogP contribution < -0.4 is 11.0 Å². The van der Waals surface area contributed by atoms with E-state index in [0.29, 0.717) is 35.4 Å². The van der Waals surface area contributed by atoms with Gasteiger partial charge in [0.2, 0.25) is 0 Å². The number of fused-ring (bicyclic) bond motifs is 5. The third kappa shape index (κ3) is 1.90. The lowest BCUT2D eigenvalue weighted by molar-refractivity contribution is -0.172. The van der Waals surface area contributed by atoms with Crippen molar-refractivity contribution in [2.45, 2.75) is 45.1 Å². The van der Waals surface area contributed by atoms with Gasteiger partial charge in [-0.25, -0.2) is 9.18 Å². The number of esters is 1. The highest BCUT2D eigenvalue weighted by Crippen LogP contribution is 2.39. The van der Waals surface area contributed by atoms with Crippen molar-refractivity contribution in [3.8, 4) is 11.3 Å². The average molecular weight is 408 g/mol. The number of carbonyl (C=O) groups is 1. The molecule has 1 aromatic carbocycles. The zero-order valence-electron chi connectivity index (χ0n) is 16.1. The van der Waals surface area contributed by atoms with Gasteiger partial charge in [-0.05, 0) is 36.6 Å². The smallest absolute Gasteiger partial charge is 0.343 e. The largest absolute Gasteiger partial charge is 0.458 e. The van der Waals surface area contributed by atoms with Crippen LogP contribution in [0.5, 0.6) is 0 Å². The molecule has 6 rings (SSSR count). The third-order valence-corrected chi connectivity index (χ3v) is 6.72. The van der Waals surface area contributed by atoms with E-state index < -0.39 is 22.9 Å². The SMILES string of the molecule is CC[C@@]1(O)C(=O)OCc2c1cc1n(c2=O)Cc2c-1c(=O)c1cc(F)cc3c1n2CC3. The van der Waals surface area contributed by atoms with Crippen molar-refractivity contribution in [3.05, 3.63) is 67.0 Å². The summed E-state index contributed by atoms with van der Waals surface area (Å²) in [5.41, 5.74) is 0.620. The molecular weight excluding hydrogens is 391 g/mol. The molecule has 0 radical (unpaired) electrons. The Morgan fingerprint density at radius 3 is 2.77 bits per heavy atom. The van der Waals surface area contributed by atoms with Crippen LogP contribution in [0.15, 0.2) is 27.8 Å². The number of benzene rings is 1. The van der Waals surface area contributed by atoms with Gasteiger partial charge in [0.05, 0.1) is 34.6 Å². The Balaban J connectivity index is 1.73. The number of nitrogens with zero attached hydrogens (tertiary/aromatic N) is 2. The van der Waals surface area contributed by atoms with E-state index in [0.717, 1.165) is 5.56 Å². The van der Waals surface area contributed by atoms with E-state index in [2.05, 4.69) is 0 Å². The van der Waals surface area contributed by atoms with Gasteiger partial charge in [-0.2, -0.15) is 0 Å². The lowest BCUT2D eigenvalue weighted by Crippen LogP contribution is -2.44. The predicted octanol–water partition coefficient (Wildman–Crippen LogP) is 1.54. The van der Waals surface area contributed by atoms with Crippen molar-refractivity contribution in [1.82, 2.24) is 9.13 Å². The van der Waals surface area contributed by atoms with Crippen LogP contribution in [0, 0.1) is 5.82 Å². The number of aliphatic hydroxyl groups is 1. The molecule has 0 spiro atoms. The standard InChI is InChI=1S/C22H17FN2O5/c1-2-22(29)14-7-15-17-16(8-25(15)20(27)13(14)9-30-21(22)28)24-4-3-10-5-11(23)6-12(18(10)24)19(17)26/h5-7,29H,2-4,8-9H2,1H3/t22-/m0/s1. The van der Waals surface area contributed by atoms with Gasteiger partial charge in [-0.1, -0.05) is 6.92 Å². The number of hydrogen-bond acceptors (Lipinski definition) is 5. The van der Waals surface area contributed by atoms with Crippen LogP contribution in [0.2, 0.25) is 0 Å². The molecule has 3 aliphatic heterocycles. The molecule has 5 heterocycles. The molecule has 0 saturated heterocycles. The second kappa shape index (κ2) is 5.46. The molecule has 0 amide bonds. The highest BCUT2D eigenvalue weighted by Gasteiger charge is 2.45. The van der Waals surface area contributed by atoms with Gasteiger partial charge in [-0.15, -0.1) is 0 Å². The normalized spacial score (nSPS) is 20.8. The van der Waals surface area contributed by atoms with E-state index in [1.807, 2.05) is 4.57 Å². The molecule has 3 aliphatic rings. The Kier molecular flexibility index (Phi) is 3.20. The number of pyridine rings is 2. The van der Waals surface area contributed by atoms with Crippen LogP contribution >= 0.6 is 0 Å². The Morgan fingerprint density at radius 1 is 1.20 bits per heavy atom. The monoisotopic (exact) mass is 408 g/mol. The molecule has 0 aliphatic carbocycles. The Bertz CT molecular complexity index is 1450. The Morgan fingerprint density at radius 2 is 2.00 bits per heavy atom. The van der Waals surface area contributed by atoms with E-state index in [4.69, 9.17) is 4.74 Å². The molecule has 0 bridgehead atoms. The fourth-order valence-electron chi connectivity index (χ4n) is 5.19. The van der Waals surface area contributed by atoms with Gasteiger partial charge in [0, 0.05) is 17.5 Å². The first kappa shape index (κ1) is 17.6. The molecule has 2 aromatic heterocycles. The Labute approximate surface area is 168 Å². The fraction of sp³-hybridized carbons (Fsp3) is 0.318. The molecule has 1 N–H and O–H groups in total. The van der Waals surface area contributed by atoms with Crippen LogP contribution in [0.4, 0.5) is 4.39 Å². The van der Waals surface area contributed by atoms with E-state index in [1.165, 1.54) is 16.7 Å². The van der Waals surface area contributed by atoms with Gasteiger partial charge in [0.15, 0.2) is 11.0 Å². The van der Waals surface area contributed by atoms with E-state index in [9.17, 15) is 23.9 Å². The number of aryl methyl sites for hydroxylation is 2. The maximum atomic E-state index is 14.1. The van der Waals surface area contributed by atoms with Gasteiger partial charge < -0.3 is 19.0 Å². The zero-order chi connectivity index (χ0) is 20.9. The molecule has 3 aromatic rings. The van der Waals surface area contributed by atoms with E-state index >= 15 is 0 Å². The third-order valence-electron chi connectivity index (χ3n) is 6.72. The highest BCUT2D eigenvalue weighted by molar-refractivity contribution is 5.90. The van der Waals surface area contributed by atoms with Gasteiger partial charge in [-0.3, -0.25) is 9.59 Å². The molecule has 30 heavy (non-hydrogen) atoms. The zero-order valence-corrected chi connectivity index (χ0v) is 16.1. The fourth-order valence-corrected chi connectivity index (χ4v) is 5.19. The van der Waals surface area contributed by atoms with Crippen molar-refractivity contribution >= 4 is 16.9 Å². The minimum absolute atomic E-state index is 0.0328. The lowest BCUT2D eigenvalue weighted by atomic mass is 9.86. The highest BCUT2D eigenvalue weighted by atomic mass is 19.1. The first-order valence-electron chi connectivity index (χ1n) is 9.90. The summed E-state index contributed by atoms with van der Waals surface area (Å²) in [6.07, 6.45) is 0.648. The summed E-state index contributed by atoms with van der Waals surface area (Å²) < 4.78 is 22.7. The predicted molar refractivity (Wildman–Crippen MR) is 105 cm³/mol. The van der Waals surface area contributed by atoms with Crippen LogP contribution in [0.25, 0.3) is 22.2 Å². The number of hydrogen-bond donors (Lipinski definition) is 1. The van der Waals surface area contributed by atoms with E-state index in [-0.39, 0.29) is 41.5 Å². The van der Waals surface area contributed by atoms with Gasteiger partial charge >= 0.3 is 5.97 Å². The average Bonchev–Trinajstić information content (AvgIpc) is 3.31. The molecule has 7 nitrogen and oxygen atoms in total. The summed E-state index contributed by atoms with van der Waals surface area (Å²) in [5.74, 6) is -1.27. The van der Waals surface area contributed by atoms with Crippen LogP contribution in [0.1, 0.15) is 35.7 Å². The summed E-state index contributed by atoms with van der Waals surface area (Å²) in [6.45, 7) is 2.22. The molecule has 0 unspecified atom stereocenters. The number of aromatic nitrogens is 2. The second-order valence-corrected chi connectivity index (χ2v) is 8.12. The topological polar surface area (TPSA) is 90.5 Å². The minimum atomic E-state index is -1.94. The van der Waals surface area contributed by atoms with Crippen molar-refractivity contribution < 1.29 is 19.0 Å². The maximum absolute atomic E-state index is 14.1. The molecule has 8 heteroatoms. The molecule has 0 saturated carbocycles. The van der Waals surface area contributed by atoms with Crippen molar-refractivity contribution in [2.24, 2.45) is 0 Å². The molecule has 1 atom stereocenters. The summed E-state index contributed by atoms with van der Waals surface area (Å²) in [4.78, 5) is 38.9. The van der Waals surface area contributed by atoms with Crippen LogP contribution in [-0.4, -0.2) is 20.2 Å². The number of ether oxygens (including phenoxy) is 1. The van der Waals surface area contributed by atoms with Crippen LogP contribution in [-0.2, 0) is 41.2 Å². The maximum Gasteiger partial charge on any atom is 0.343 e. The summed E-state index contributed by atoms with van der Waals surface area (Å²) in [5, 5.41) is 11.2. The van der Waals surface area contributed by atoms with E-state index in [1.54, 1.807) is 13.0 Å². The summed E-state index contributed by atoms with van der Waals surface area (Å²) >= 11 is 0.